The van der Waals surface area contributed by atoms with Crippen LogP contribution in [0.3, 0.4) is 0 Å². The predicted molar refractivity (Wildman–Crippen MR) is 194 cm³/mol. The van der Waals surface area contributed by atoms with E-state index >= 15 is 0 Å². The van der Waals surface area contributed by atoms with Gasteiger partial charge in [-0.2, -0.15) is 0 Å². The summed E-state index contributed by atoms with van der Waals surface area (Å²) in [6.45, 7) is 0.832. The van der Waals surface area contributed by atoms with Crippen LogP contribution in [-0.4, -0.2) is 75.6 Å². The van der Waals surface area contributed by atoms with Crippen molar-refractivity contribution in [3.05, 3.63) is 129 Å². The summed E-state index contributed by atoms with van der Waals surface area (Å²) in [4.78, 5) is 30.2. The van der Waals surface area contributed by atoms with E-state index in [1.54, 1.807) is 9.80 Å². The molecule has 4 atom stereocenters. The van der Waals surface area contributed by atoms with E-state index in [2.05, 4.69) is 24.3 Å². The van der Waals surface area contributed by atoms with Crippen molar-refractivity contribution in [2.45, 2.75) is 49.0 Å². The van der Waals surface area contributed by atoms with Crippen LogP contribution in [0.1, 0.15) is 47.9 Å². The summed E-state index contributed by atoms with van der Waals surface area (Å²) < 4.78 is 24.0. The molecule has 262 valence electrons. The van der Waals surface area contributed by atoms with Crippen molar-refractivity contribution in [3.8, 4) is 11.5 Å². The second-order valence-corrected chi connectivity index (χ2v) is 14.4. The molecule has 4 unspecified atom stereocenters. The van der Waals surface area contributed by atoms with Gasteiger partial charge in [0.05, 0.1) is 10.8 Å². The maximum Gasteiger partial charge on any atom is 0.419 e. The highest BCUT2D eigenvalue weighted by atomic mass is 35.5. The van der Waals surface area contributed by atoms with Crippen LogP contribution >= 0.6 is 23.2 Å². The first kappa shape index (κ1) is 35.7. The minimum absolute atomic E-state index is 0.416. The van der Waals surface area contributed by atoms with E-state index in [1.807, 2.05) is 101 Å². The van der Waals surface area contributed by atoms with Crippen molar-refractivity contribution < 1.29 is 28.5 Å². The zero-order valence-electron chi connectivity index (χ0n) is 28.7. The van der Waals surface area contributed by atoms with Gasteiger partial charge >= 0.3 is 11.9 Å². The lowest BCUT2D eigenvalue weighted by molar-refractivity contribution is -0.183. The van der Waals surface area contributed by atoms with E-state index < -0.39 is 35.2 Å². The van der Waals surface area contributed by atoms with Gasteiger partial charge in [0.25, 0.3) is 0 Å². The van der Waals surface area contributed by atoms with Gasteiger partial charge in [-0.05, 0) is 101 Å². The molecule has 2 heterocycles. The molecular formula is C40H42Cl2N2O6. The molecule has 0 aliphatic carbocycles. The fourth-order valence-corrected chi connectivity index (χ4v) is 7.53. The maximum absolute atomic E-state index is 13.3. The standard InChI is InChI=1S/C40H42Cl2N2O6/c1-43(2)35(19-21-39(27-11-7-5-8-12-27)25-47-33-17-15-29(41)23-31(33)39)49-37(45)38(46)50-36(44(3)4)20-22-40(28-13-9-6-10-14-28)26-48-34-18-16-30(42)24-32(34)40/h5-18,23-24,35-36H,19-22,25-26H2,1-4H3. The summed E-state index contributed by atoms with van der Waals surface area (Å²) in [6, 6.07) is 31.5. The number of rotatable bonds is 12. The zero-order valence-corrected chi connectivity index (χ0v) is 30.2. The van der Waals surface area contributed by atoms with Crippen molar-refractivity contribution in [2.75, 3.05) is 41.4 Å². The average molecular weight is 718 g/mol. The Morgan fingerprint density at radius 3 is 1.38 bits per heavy atom. The Hall–Kier alpha value is -4.08. The molecule has 0 spiro atoms. The summed E-state index contributed by atoms with van der Waals surface area (Å²) in [5, 5.41) is 1.23. The smallest absolute Gasteiger partial charge is 0.419 e. The van der Waals surface area contributed by atoms with Crippen molar-refractivity contribution in [2.24, 2.45) is 0 Å². The predicted octanol–water partition coefficient (Wildman–Crippen LogP) is 7.47. The van der Waals surface area contributed by atoms with Gasteiger partial charge < -0.3 is 18.9 Å². The number of carbonyl (C=O) groups excluding carboxylic acids is 2. The van der Waals surface area contributed by atoms with Gasteiger partial charge in [0, 0.05) is 21.2 Å². The van der Waals surface area contributed by atoms with Crippen molar-refractivity contribution in [3.63, 3.8) is 0 Å². The summed E-state index contributed by atoms with van der Waals surface area (Å²) in [7, 11) is 7.25. The monoisotopic (exact) mass is 716 g/mol. The van der Waals surface area contributed by atoms with Crippen molar-refractivity contribution >= 4 is 35.1 Å². The SMILES string of the molecule is CN(C)C(CCC1(c2ccccc2)COc2ccc(Cl)cc21)OC(=O)C(=O)OC(CCC1(c2ccccc2)COc2ccc(Cl)cc21)N(C)C. The van der Waals surface area contributed by atoms with Gasteiger partial charge in [-0.25, -0.2) is 9.59 Å². The Kier molecular flexibility index (Phi) is 10.7. The molecule has 0 aromatic heterocycles. The van der Waals surface area contributed by atoms with Gasteiger partial charge in [0.2, 0.25) is 0 Å². The molecule has 2 aliphatic heterocycles. The minimum Gasteiger partial charge on any atom is -0.492 e. The molecule has 50 heavy (non-hydrogen) atoms. The number of ether oxygens (including phenoxy) is 4. The van der Waals surface area contributed by atoms with Crippen LogP contribution in [0.15, 0.2) is 97.1 Å². The van der Waals surface area contributed by atoms with Gasteiger partial charge in [-0.3, -0.25) is 9.80 Å². The maximum atomic E-state index is 13.3. The van der Waals surface area contributed by atoms with Crippen LogP contribution in [0.2, 0.25) is 10.0 Å². The van der Waals surface area contributed by atoms with Crippen LogP contribution in [0.5, 0.6) is 11.5 Å². The lowest BCUT2D eigenvalue weighted by atomic mass is 9.72. The molecular weight excluding hydrogens is 675 g/mol. The molecule has 0 N–H and O–H groups in total. The van der Waals surface area contributed by atoms with E-state index in [4.69, 9.17) is 42.1 Å². The fourth-order valence-electron chi connectivity index (χ4n) is 7.18. The normalized spacial score (nSPS) is 20.4. The summed E-state index contributed by atoms with van der Waals surface area (Å²) in [6.07, 6.45) is 0.601. The number of carbonyl (C=O) groups is 2. The molecule has 10 heteroatoms. The first-order valence-corrected chi connectivity index (χ1v) is 17.5. The lowest BCUT2D eigenvalue weighted by Crippen LogP contribution is -2.41. The van der Waals surface area contributed by atoms with Crippen LogP contribution in [-0.2, 0) is 29.9 Å². The fraction of sp³-hybridized carbons (Fsp3) is 0.350. The third kappa shape index (κ3) is 7.21. The third-order valence-electron chi connectivity index (χ3n) is 9.96. The van der Waals surface area contributed by atoms with Gasteiger partial charge in [-0.1, -0.05) is 83.9 Å². The molecule has 4 aromatic rings. The molecule has 8 nitrogen and oxygen atoms in total. The van der Waals surface area contributed by atoms with Gasteiger partial charge in [0.1, 0.15) is 24.7 Å². The average Bonchev–Trinajstić information content (AvgIpc) is 3.67. The number of halogens is 2. The Bertz CT molecular complexity index is 1690. The number of esters is 2. The molecule has 0 saturated heterocycles. The topological polar surface area (TPSA) is 77.5 Å². The first-order valence-electron chi connectivity index (χ1n) is 16.7. The van der Waals surface area contributed by atoms with E-state index in [-0.39, 0.29) is 0 Å². The van der Waals surface area contributed by atoms with Crippen LogP contribution in [0, 0.1) is 0 Å². The molecule has 0 radical (unpaired) electrons. The van der Waals surface area contributed by atoms with E-state index in [0.29, 0.717) is 48.9 Å². The highest BCUT2D eigenvalue weighted by Crippen LogP contribution is 2.49. The van der Waals surface area contributed by atoms with E-state index in [9.17, 15) is 9.59 Å². The summed E-state index contributed by atoms with van der Waals surface area (Å²) >= 11 is 12.9. The number of hydrogen-bond donors (Lipinski definition) is 0. The number of fused-ring (bicyclic) bond motifs is 2. The second kappa shape index (κ2) is 15.0. The number of benzene rings is 4. The second-order valence-electron chi connectivity index (χ2n) is 13.5. The molecule has 0 amide bonds. The summed E-state index contributed by atoms with van der Waals surface area (Å²) in [5.41, 5.74) is 3.09. The molecule has 4 aromatic carbocycles. The Morgan fingerprint density at radius 2 is 1.02 bits per heavy atom. The Labute approximate surface area is 303 Å². The molecule has 0 fully saturated rings. The van der Waals surface area contributed by atoms with E-state index in [0.717, 1.165) is 33.8 Å². The van der Waals surface area contributed by atoms with Gasteiger partial charge in [0.15, 0.2) is 12.5 Å². The quantitative estimate of drug-likeness (QED) is 0.0849. The van der Waals surface area contributed by atoms with Crippen molar-refractivity contribution in [1.29, 1.82) is 0 Å². The van der Waals surface area contributed by atoms with E-state index in [1.165, 1.54) is 0 Å². The highest BCUT2D eigenvalue weighted by molar-refractivity contribution is 6.31. The zero-order chi connectivity index (χ0) is 35.5. The van der Waals surface area contributed by atoms with Crippen LogP contribution in [0.25, 0.3) is 0 Å². The molecule has 0 saturated carbocycles. The molecule has 6 rings (SSSR count). The minimum atomic E-state index is -1.05. The van der Waals surface area contributed by atoms with Crippen LogP contribution < -0.4 is 9.47 Å². The van der Waals surface area contributed by atoms with Gasteiger partial charge in [-0.15, -0.1) is 0 Å². The Morgan fingerprint density at radius 1 is 0.640 bits per heavy atom. The largest absolute Gasteiger partial charge is 0.492 e. The Balaban J connectivity index is 1.15. The number of nitrogens with zero attached hydrogens (tertiary/aromatic N) is 2. The lowest BCUT2D eigenvalue weighted by Gasteiger charge is -2.33. The third-order valence-corrected chi connectivity index (χ3v) is 10.4. The highest BCUT2D eigenvalue weighted by Gasteiger charge is 2.45. The molecule has 0 bridgehead atoms. The number of hydrogen-bond acceptors (Lipinski definition) is 8. The van der Waals surface area contributed by atoms with Crippen LogP contribution in [0.4, 0.5) is 0 Å². The summed E-state index contributed by atoms with van der Waals surface area (Å²) in [5.74, 6) is -0.538. The molecule has 2 aliphatic rings. The van der Waals surface area contributed by atoms with Crippen molar-refractivity contribution in [1.82, 2.24) is 9.80 Å². The first-order chi connectivity index (χ1) is 24.0.